The van der Waals surface area contributed by atoms with Crippen molar-refractivity contribution >= 4 is 17.3 Å². The van der Waals surface area contributed by atoms with E-state index in [0.29, 0.717) is 0 Å². The molecule has 1 fully saturated rings. The third kappa shape index (κ3) is 3.47. The van der Waals surface area contributed by atoms with Crippen LogP contribution in [0.4, 0.5) is 11.4 Å². The number of aryl methyl sites for hydroxylation is 1. The zero-order chi connectivity index (χ0) is 19.6. The summed E-state index contributed by atoms with van der Waals surface area (Å²) in [5.74, 6) is 0.760. The van der Waals surface area contributed by atoms with Crippen LogP contribution in [0, 0.1) is 6.92 Å². The fourth-order valence-corrected chi connectivity index (χ4v) is 3.95. The molecule has 0 radical (unpaired) electrons. The number of carbonyl (C=O) groups is 1. The Morgan fingerprint density at radius 3 is 2.39 bits per heavy atom. The van der Waals surface area contributed by atoms with Gasteiger partial charge >= 0.3 is 0 Å². The second-order valence-electron chi connectivity index (χ2n) is 7.37. The summed E-state index contributed by atoms with van der Waals surface area (Å²) in [6.07, 6.45) is 4.18. The second kappa shape index (κ2) is 7.42. The number of nitrogens with zero attached hydrogens (tertiary/aromatic N) is 4. The van der Waals surface area contributed by atoms with Crippen LogP contribution in [0.15, 0.2) is 48.5 Å². The molecule has 7 heteroatoms. The molecule has 7 nitrogen and oxygen atoms in total. The summed E-state index contributed by atoms with van der Waals surface area (Å²) in [7, 11) is 0. The Hall–Kier alpha value is -3.22. The van der Waals surface area contributed by atoms with Gasteiger partial charge in [0.15, 0.2) is 5.82 Å². The highest BCUT2D eigenvalue weighted by Crippen LogP contribution is 2.41. The van der Waals surface area contributed by atoms with Gasteiger partial charge in [-0.05, 0) is 66.1 Å². The molecule has 1 saturated carbocycles. The summed E-state index contributed by atoms with van der Waals surface area (Å²) < 4.78 is 1.86. The normalized spacial score (nSPS) is 15.4. The Morgan fingerprint density at radius 2 is 1.71 bits per heavy atom. The molecule has 4 rings (SSSR count). The number of aromatic nitrogens is 4. The molecule has 2 N–H and O–H groups in total. The Labute approximate surface area is 164 Å². The molecule has 0 bridgehead atoms. The number of benzene rings is 2. The quantitative estimate of drug-likeness (QED) is 0.707. The number of hydrogen-bond acceptors (Lipinski definition) is 5. The highest BCUT2D eigenvalue weighted by atomic mass is 16.1. The first-order valence-electron chi connectivity index (χ1n) is 9.58. The molecule has 0 saturated heterocycles. The zero-order valence-corrected chi connectivity index (χ0v) is 16.1. The highest BCUT2D eigenvalue weighted by Gasteiger charge is 2.41. The van der Waals surface area contributed by atoms with E-state index in [1.165, 1.54) is 6.92 Å². The molecule has 0 aliphatic heterocycles. The van der Waals surface area contributed by atoms with Crippen LogP contribution >= 0.6 is 0 Å². The van der Waals surface area contributed by atoms with Gasteiger partial charge in [-0.1, -0.05) is 31.0 Å². The van der Waals surface area contributed by atoms with E-state index in [-0.39, 0.29) is 11.4 Å². The minimum Gasteiger partial charge on any atom is -0.373 e. The minimum atomic E-state index is -0.318. The number of amides is 1. The predicted molar refractivity (Wildman–Crippen MR) is 108 cm³/mol. The molecule has 2 aromatic carbocycles. The van der Waals surface area contributed by atoms with Crippen LogP contribution in [0.3, 0.4) is 0 Å². The van der Waals surface area contributed by atoms with Gasteiger partial charge in [0.1, 0.15) is 0 Å². The van der Waals surface area contributed by atoms with E-state index < -0.39 is 0 Å². The average Bonchev–Trinajstić information content (AvgIpc) is 3.33. The van der Waals surface area contributed by atoms with Crippen molar-refractivity contribution in [3.63, 3.8) is 0 Å². The summed E-state index contributed by atoms with van der Waals surface area (Å²) in [5, 5.41) is 19.2. The average molecular weight is 376 g/mol. The zero-order valence-electron chi connectivity index (χ0n) is 16.1. The summed E-state index contributed by atoms with van der Waals surface area (Å²) in [6, 6.07) is 15.9. The maximum atomic E-state index is 11.2. The van der Waals surface area contributed by atoms with Crippen molar-refractivity contribution in [2.75, 3.05) is 10.6 Å². The lowest BCUT2D eigenvalue weighted by molar-refractivity contribution is -0.114. The van der Waals surface area contributed by atoms with Crippen molar-refractivity contribution in [3.05, 3.63) is 59.9 Å². The van der Waals surface area contributed by atoms with Crippen molar-refractivity contribution in [1.82, 2.24) is 20.2 Å². The van der Waals surface area contributed by atoms with Gasteiger partial charge in [-0.25, -0.2) is 0 Å². The molecule has 1 amide bonds. The number of nitrogens with one attached hydrogen (secondary N) is 2. The Morgan fingerprint density at radius 1 is 1.04 bits per heavy atom. The lowest BCUT2D eigenvalue weighted by atomic mass is 9.95. The lowest BCUT2D eigenvalue weighted by Crippen LogP contribution is -2.35. The number of anilines is 2. The number of hydrogen-bond donors (Lipinski definition) is 2. The standard InChI is InChI=1S/C21H24N6O/c1-15-7-3-4-8-19(15)27-20(24-25-26-27)21(13-5-6-14-21)23-18-11-9-17(10-12-18)22-16(2)28/h3-4,7-12,23H,5-6,13-14H2,1-2H3,(H,22,28). The minimum absolute atomic E-state index is 0.0784. The van der Waals surface area contributed by atoms with Gasteiger partial charge in [-0.3, -0.25) is 4.79 Å². The Kier molecular flexibility index (Phi) is 4.81. The lowest BCUT2D eigenvalue weighted by Gasteiger charge is -2.30. The third-order valence-corrected chi connectivity index (χ3v) is 5.29. The molecule has 1 aliphatic rings. The number of para-hydroxylation sites is 1. The van der Waals surface area contributed by atoms with Crippen molar-refractivity contribution < 1.29 is 4.79 Å². The Balaban J connectivity index is 1.67. The predicted octanol–water partition coefficient (Wildman–Crippen LogP) is 3.81. The van der Waals surface area contributed by atoms with E-state index in [0.717, 1.165) is 54.1 Å². The molecule has 1 heterocycles. The van der Waals surface area contributed by atoms with Crippen LogP contribution in [0.2, 0.25) is 0 Å². The smallest absolute Gasteiger partial charge is 0.221 e. The van der Waals surface area contributed by atoms with Gasteiger partial charge in [-0.2, -0.15) is 4.68 Å². The maximum Gasteiger partial charge on any atom is 0.221 e. The fraction of sp³-hybridized carbons (Fsp3) is 0.333. The fourth-order valence-electron chi connectivity index (χ4n) is 3.95. The van der Waals surface area contributed by atoms with E-state index in [9.17, 15) is 4.79 Å². The van der Waals surface area contributed by atoms with Gasteiger partial charge in [0.2, 0.25) is 5.91 Å². The number of carbonyl (C=O) groups excluding carboxylic acids is 1. The highest BCUT2D eigenvalue weighted by molar-refractivity contribution is 5.88. The summed E-state index contributed by atoms with van der Waals surface area (Å²) >= 11 is 0. The first-order chi connectivity index (χ1) is 13.6. The van der Waals surface area contributed by atoms with Gasteiger partial charge in [-0.15, -0.1) is 5.10 Å². The van der Waals surface area contributed by atoms with Crippen LogP contribution in [-0.4, -0.2) is 26.1 Å². The van der Waals surface area contributed by atoms with Crippen LogP contribution < -0.4 is 10.6 Å². The van der Waals surface area contributed by atoms with Gasteiger partial charge < -0.3 is 10.6 Å². The number of rotatable bonds is 5. The molecule has 0 unspecified atom stereocenters. The van der Waals surface area contributed by atoms with Gasteiger partial charge in [0.05, 0.1) is 11.2 Å². The first kappa shape index (κ1) is 18.2. The largest absolute Gasteiger partial charge is 0.373 e. The number of tetrazole rings is 1. The molecule has 0 atom stereocenters. The maximum absolute atomic E-state index is 11.2. The second-order valence-corrected chi connectivity index (χ2v) is 7.37. The van der Waals surface area contributed by atoms with Gasteiger partial charge in [0.25, 0.3) is 0 Å². The Bertz CT molecular complexity index is 973. The topological polar surface area (TPSA) is 84.7 Å². The van der Waals surface area contributed by atoms with Gasteiger partial charge in [0, 0.05) is 18.3 Å². The SMILES string of the molecule is CC(=O)Nc1ccc(NC2(c3nnnn3-c3ccccc3C)CCCC2)cc1. The monoisotopic (exact) mass is 376 g/mol. The van der Waals surface area contributed by atoms with Crippen molar-refractivity contribution in [2.24, 2.45) is 0 Å². The van der Waals surface area contributed by atoms with E-state index in [2.05, 4.69) is 39.1 Å². The summed E-state index contributed by atoms with van der Waals surface area (Å²) in [6.45, 7) is 3.57. The van der Waals surface area contributed by atoms with E-state index in [1.54, 1.807) is 0 Å². The van der Waals surface area contributed by atoms with E-state index >= 15 is 0 Å². The van der Waals surface area contributed by atoms with E-state index in [4.69, 9.17) is 0 Å². The summed E-state index contributed by atoms with van der Waals surface area (Å²) in [5.41, 5.74) is 3.57. The van der Waals surface area contributed by atoms with Crippen molar-refractivity contribution in [2.45, 2.75) is 45.1 Å². The van der Waals surface area contributed by atoms with E-state index in [1.807, 2.05) is 47.1 Å². The van der Waals surface area contributed by atoms with Crippen molar-refractivity contribution in [1.29, 1.82) is 0 Å². The van der Waals surface area contributed by atoms with Crippen LogP contribution in [0.1, 0.15) is 44.0 Å². The van der Waals surface area contributed by atoms with Crippen LogP contribution in [0.25, 0.3) is 5.69 Å². The first-order valence-corrected chi connectivity index (χ1v) is 9.58. The molecule has 1 aliphatic carbocycles. The molecular formula is C21H24N6O. The molecule has 144 valence electrons. The molecule has 1 aromatic heterocycles. The molecular weight excluding hydrogens is 352 g/mol. The molecule has 28 heavy (non-hydrogen) atoms. The van der Waals surface area contributed by atoms with Crippen LogP contribution in [0.5, 0.6) is 0 Å². The van der Waals surface area contributed by atoms with Crippen LogP contribution in [-0.2, 0) is 10.3 Å². The van der Waals surface area contributed by atoms with Crippen molar-refractivity contribution in [3.8, 4) is 5.69 Å². The summed E-state index contributed by atoms with van der Waals surface area (Å²) in [4.78, 5) is 11.2. The third-order valence-electron chi connectivity index (χ3n) is 5.29. The molecule has 3 aromatic rings. The molecule has 0 spiro atoms.